The van der Waals surface area contributed by atoms with Crippen molar-refractivity contribution in [1.82, 2.24) is 0 Å². The minimum Gasteiger partial charge on any atom is -0.449 e. The maximum absolute atomic E-state index is 11.4. The number of ether oxygens (including phenoxy) is 1. The Labute approximate surface area is 100 Å². The summed E-state index contributed by atoms with van der Waals surface area (Å²) in [5.41, 5.74) is 0.965. The number of unbranched alkanes of at least 4 members (excludes halogenated alkanes) is 1. The summed E-state index contributed by atoms with van der Waals surface area (Å²) in [5.74, 6) is 0. The van der Waals surface area contributed by atoms with Crippen LogP contribution in [0, 0.1) is 0 Å². The first-order chi connectivity index (χ1) is 8.27. The molecule has 0 aliphatic carbocycles. The Kier molecular flexibility index (Phi) is 5.57. The van der Waals surface area contributed by atoms with E-state index >= 15 is 0 Å². The number of para-hydroxylation sites is 2. The largest absolute Gasteiger partial charge is 0.449 e. The third-order valence-corrected chi connectivity index (χ3v) is 2.08. The van der Waals surface area contributed by atoms with E-state index in [2.05, 4.69) is 10.6 Å². The van der Waals surface area contributed by atoms with Gasteiger partial charge in [0.2, 0.25) is 0 Å². The quantitative estimate of drug-likeness (QED) is 0.588. The zero-order valence-electron chi connectivity index (χ0n) is 9.66. The van der Waals surface area contributed by atoms with Crippen molar-refractivity contribution in [3.63, 3.8) is 0 Å². The highest BCUT2D eigenvalue weighted by Gasteiger charge is 2.06. The summed E-state index contributed by atoms with van der Waals surface area (Å²) in [4.78, 5) is 21.6. The molecule has 0 bridgehead atoms. The molecule has 17 heavy (non-hydrogen) atoms. The molecule has 0 aromatic heterocycles. The average Bonchev–Trinajstić information content (AvgIpc) is 2.32. The molecule has 0 fully saturated rings. The predicted molar refractivity (Wildman–Crippen MR) is 65.6 cm³/mol. The molecule has 0 saturated carbocycles. The molecule has 0 aliphatic rings. The lowest BCUT2D eigenvalue weighted by Crippen LogP contribution is -2.15. The molecule has 2 amide bonds. The van der Waals surface area contributed by atoms with Crippen molar-refractivity contribution < 1.29 is 14.3 Å². The van der Waals surface area contributed by atoms with Crippen molar-refractivity contribution in [2.24, 2.45) is 0 Å². The molecule has 5 nitrogen and oxygen atoms in total. The van der Waals surface area contributed by atoms with Gasteiger partial charge in [0.15, 0.2) is 0 Å². The van der Waals surface area contributed by atoms with E-state index in [0.29, 0.717) is 18.0 Å². The minimum atomic E-state index is -0.529. The van der Waals surface area contributed by atoms with Crippen LogP contribution in [0.25, 0.3) is 0 Å². The molecular formula is C12H15N2O3. The van der Waals surface area contributed by atoms with Gasteiger partial charge in [-0.2, -0.15) is 0 Å². The highest BCUT2D eigenvalue weighted by atomic mass is 16.5. The molecule has 1 rings (SSSR count). The fourth-order valence-electron chi connectivity index (χ4n) is 1.21. The number of anilines is 2. The molecular weight excluding hydrogens is 220 g/mol. The molecule has 0 unspecified atom stereocenters. The standard InChI is InChI=1S/C12H15N2O3/c1-2-3-8-17-12(16)14-11-7-5-4-6-10(11)13-9-15/h4-7H,2-3,8H2,1H3,(H,13,15)(H,14,16). The summed E-state index contributed by atoms with van der Waals surface area (Å²) in [6, 6.07) is 6.82. The Morgan fingerprint density at radius 2 is 2.06 bits per heavy atom. The summed E-state index contributed by atoms with van der Waals surface area (Å²) in [5, 5.41) is 4.92. The first-order valence-electron chi connectivity index (χ1n) is 5.44. The SMILES string of the molecule is CCCCOC(=O)Nc1ccccc1N[C]=O. The molecule has 5 heteroatoms. The van der Waals surface area contributed by atoms with Gasteiger partial charge in [-0.1, -0.05) is 25.5 Å². The van der Waals surface area contributed by atoms with Gasteiger partial charge in [0.05, 0.1) is 18.0 Å². The number of carbonyl (C=O) groups excluding carboxylic acids is 2. The Hall–Kier alpha value is -2.04. The lowest BCUT2D eigenvalue weighted by molar-refractivity contribution is 0.160. The van der Waals surface area contributed by atoms with E-state index in [9.17, 15) is 9.59 Å². The second-order valence-electron chi connectivity index (χ2n) is 3.39. The van der Waals surface area contributed by atoms with Gasteiger partial charge < -0.3 is 10.1 Å². The Balaban J connectivity index is 2.54. The van der Waals surface area contributed by atoms with Gasteiger partial charge >= 0.3 is 12.5 Å². The van der Waals surface area contributed by atoms with Crippen LogP contribution in [0.3, 0.4) is 0 Å². The van der Waals surface area contributed by atoms with Crippen LogP contribution >= 0.6 is 0 Å². The van der Waals surface area contributed by atoms with Gasteiger partial charge in [-0.25, -0.2) is 4.79 Å². The minimum absolute atomic E-state index is 0.387. The van der Waals surface area contributed by atoms with Gasteiger partial charge in [0, 0.05) is 0 Å². The van der Waals surface area contributed by atoms with Crippen LogP contribution in [0.15, 0.2) is 24.3 Å². The molecule has 0 spiro atoms. The van der Waals surface area contributed by atoms with Gasteiger partial charge in [-0.15, -0.1) is 0 Å². The first kappa shape index (κ1) is 13.0. The normalized spacial score (nSPS) is 9.47. The summed E-state index contributed by atoms with van der Waals surface area (Å²) < 4.78 is 4.94. The summed E-state index contributed by atoms with van der Waals surface area (Å²) >= 11 is 0. The highest BCUT2D eigenvalue weighted by molar-refractivity contribution is 5.92. The molecule has 0 heterocycles. The van der Waals surface area contributed by atoms with Crippen LogP contribution in [0.1, 0.15) is 19.8 Å². The lowest BCUT2D eigenvalue weighted by atomic mass is 10.2. The van der Waals surface area contributed by atoms with E-state index in [0.717, 1.165) is 12.8 Å². The molecule has 2 N–H and O–H groups in total. The molecule has 1 radical (unpaired) electrons. The summed E-state index contributed by atoms with van der Waals surface area (Å²) in [6.07, 6.45) is 2.82. The summed E-state index contributed by atoms with van der Waals surface area (Å²) in [6.45, 7) is 2.40. The fraction of sp³-hybridized carbons (Fsp3) is 0.333. The number of rotatable bonds is 6. The van der Waals surface area contributed by atoms with Gasteiger partial charge in [-0.3, -0.25) is 10.1 Å². The number of nitrogens with one attached hydrogen (secondary N) is 2. The zero-order valence-corrected chi connectivity index (χ0v) is 9.66. The van der Waals surface area contributed by atoms with Crippen LogP contribution in [-0.2, 0) is 9.53 Å². The monoisotopic (exact) mass is 235 g/mol. The molecule has 1 aromatic carbocycles. The van der Waals surface area contributed by atoms with Crippen LogP contribution in [0.2, 0.25) is 0 Å². The van der Waals surface area contributed by atoms with Crippen molar-refractivity contribution in [1.29, 1.82) is 0 Å². The Morgan fingerprint density at radius 3 is 2.71 bits per heavy atom. The topological polar surface area (TPSA) is 67.4 Å². The van der Waals surface area contributed by atoms with Gasteiger partial charge in [0.25, 0.3) is 0 Å². The maximum atomic E-state index is 11.4. The Bertz CT molecular complexity index is 380. The molecule has 0 saturated heterocycles. The van der Waals surface area contributed by atoms with Crippen LogP contribution in [0.4, 0.5) is 16.2 Å². The smallest absolute Gasteiger partial charge is 0.411 e. The lowest BCUT2D eigenvalue weighted by Gasteiger charge is -2.09. The van der Waals surface area contributed by atoms with E-state index in [1.807, 2.05) is 6.92 Å². The fourth-order valence-corrected chi connectivity index (χ4v) is 1.21. The molecule has 0 aliphatic heterocycles. The number of hydrogen-bond donors (Lipinski definition) is 2. The van der Waals surface area contributed by atoms with Crippen molar-refractivity contribution in [2.75, 3.05) is 17.2 Å². The van der Waals surface area contributed by atoms with Crippen molar-refractivity contribution in [3.05, 3.63) is 24.3 Å². The van der Waals surface area contributed by atoms with Crippen LogP contribution < -0.4 is 10.6 Å². The first-order valence-corrected chi connectivity index (χ1v) is 5.44. The number of amides is 2. The zero-order chi connectivity index (χ0) is 12.5. The van der Waals surface area contributed by atoms with Crippen molar-refractivity contribution >= 4 is 23.9 Å². The average molecular weight is 235 g/mol. The third-order valence-electron chi connectivity index (χ3n) is 2.08. The van der Waals surface area contributed by atoms with E-state index in [1.54, 1.807) is 30.7 Å². The van der Waals surface area contributed by atoms with Crippen LogP contribution in [-0.4, -0.2) is 19.1 Å². The Morgan fingerprint density at radius 1 is 1.35 bits per heavy atom. The number of hydrogen-bond acceptors (Lipinski definition) is 3. The maximum Gasteiger partial charge on any atom is 0.411 e. The van der Waals surface area contributed by atoms with E-state index in [1.165, 1.54) is 0 Å². The second kappa shape index (κ2) is 7.27. The molecule has 91 valence electrons. The van der Waals surface area contributed by atoms with Crippen LogP contribution in [0.5, 0.6) is 0 Å². The van der Waals surface area contributed by atoms with Gasteiger partial charge in [-0.05, 0) is 18.6 Å². The molecule has 0 atom stereocenters. The predicted octanol–water partition coefficient (Wildman–Crippen LogP) is 2.51. The summed E-state index contributed by atoms with van der Waals surface area (Å²) in [7, 11) is 0. The second-order valence-corrected chi connectivity index (χ2v) is 3.39. The van der Waals surface area contributed by atoms with E-state index < -0.39 is 6.09 Å². The van der Waals surface area contributed by atoms with Crippen molar-refractivity contribution in [3.8, 4) is 0 Å². The third kappa shape index (κ3) is 4.55. The molecule has 1 aromatic rings. The van der Waals surface area contributed by atoms with Gasteiger partial charge in [0.1, 0.15) is 0 Å². The van der Waals surface area contributed by atoms with E-state index in [-0.39, 0.29) is 0 Å². The van der Waals surface area contributed by atoms with E-state index in [4.69, 9.17) is 4.74 Å². The highest BCUT2D eigenvalue weighted by Crippen LogP contribution is 2.20. The number of benzene rings is 1. The van der Waals surface area contributed by atoms with Crippen molar-refractivity contribution in [2.45, 2.75) is 19.8 Å². The number of carbonyl (C=O) groups is 1.